The highest BCUT2D eigenvalue weighted by molar-refractivity contribution is 5.84. The molecule has 5 heteroatoms. The van der Waals surface area contributed by atoms with Crippen molar-refractivity contribution in [3.05, 3.63) is 0 Å². The minimum atomic E-state index is -0.264. The van der Waals surface area contributed by atoms with Crippen LogP contribution in [0.2, 0.25) is 0 Å². The molecule has 82 valence electrons. The fraction of sp³-hybridized carbons (Fsp3) is 0.889. The molecule has 5 N–H and O–H groups in total. The van der Waals surface area contributed by atoms with Crippen LogP contribution in [0.25, 0.3) is 0 Å². The van der Waals surface area contributed by atoms with Crippen LogP contribution in [-0.4, -0.2) is 34.3 Å². The molecular weight excluding hydrogens is 182 g/mol. The molecule has 0 aromatic rings. The fourth-order valence-corrected chi connectivity index (χ4v) is 1.66. The zero-order valence-corrected chi connectivity index (χ0v) is 8.86. The van der Waals surface area contributed by atoms with E-state index < -0.39 is 0 Å². The number of aliphatic hydroxyl groups is 1. The summed E-state index contributed by atoms with van der Waals surface area (Å²) in [6, 6.07) is 0.0459. The molecular formula is C9H19N3O2. The second-order valence-corrected chi connectivity index (χ2v) is 4.54. The summed E-state index contributed by atoms with van der Waals surface area (Å²) in [4.78, 5) is 0. The Morgan fingerprint density at radius 1 is 1.64 bits per heavy atom. The Balaban J connectivity index is 2.48. The van der Waals surface area contributed by atoms with Gasteiger partial charge in [-0.05, 0) is 13.3 Å². The van der Waals surface area contributed by atoms with Gasteiger partial charge in [-0.3, -0.25) is 0 Å². The lowest BCUT2D eigenvalue weighted by molar-refractivity contribution is -0.0734. The average molecular weight is 201 g/mol. The van der Waals surface area contributed by atoms with Gasteiger partial charge in [-0.25, -0.2) is 0 Å². The topological polar surface area (TPSA) is 90.9 Å². The van der Waals surface area contributed by atoms with Crippen LogP contribution in [-0.2, 0) is 0 Å². The van der Waals surface area contributed by atoms with Gasteiger partial charge in [0.25, 0.3) is 0 Å². The molecule has 0 aliphatic heterocycles. The van der Waals surface area contributed by atoms with E-state index in [0.29, 0.717) is 0 Å². The summed E-state index contributed by atoms with van der Waals surface area (Å²) in [5.74, 6) is 0.169. The van der Waals surface area contributed by atoms with E-state index in [1.807, 2.05) is 20.8 Å². The maximum atomic E-state index is 9.50. The maximum Gasteiger partial charge on any atom is 0.156 e. The van der Waals surface area contributed by atoms with E-state index >= 15 is 0 Å². The molecule has 3 atom stereocenters. The van der Waals surface area contributed by atoms with Crippen LogP contribution in [0.5, 0.6) is 0 Å². The largest absolute Gasteiger partial charge is 0.409 e. The van der Waals surface area contributed by atoms with Gasteiger partial charge in [0.15, 0.2) is 5.84 Å². The van der Waals surface area contributed by atoms with Crippen molar-refractivity contribution in [1.29, 1.82) is 0 Å². The number of nitrogens with two attached hydrogens (primary N) is 1. The molecule has 1 aliphatic rings. The summed E-state index contributed by atoms with van der Waals surface area (Å²) in [6.45, 7) is 5.82. The van der Waals surface area contributed by atoms with Gasteiger partial charge >= 0.3 is 0 Å². The highest BCUT2D eigenvalue weighted by Crippen LogP contribution is 2.40. The highest BCUT2D eigenvalue weighted by atomic mass is 16.4. The molecule has 1 fully saturated rings. The van der Waals surface area contributed by atoms with Crippen LogP contribution in [0.15, 0.2) is 5.16 Å². The summed E-state index contributed by atoms with van der Waals surface area (Å²) in [5, 5.41) is 24.1. The number of hydrogen-bond donors (Lipinski definition) is 4. The molecule has 0 aromatic heterocycles. The Kier molecular flexibility index (Phi) is 3.01. The first-order chi connectivity index (χ1) is 6.39. The van der Waals surface area contributed by atoms with E-state index in [1.165, 1.54) is 0 Å². The van der Waals surface area contributed by atoms with Crippen molar-refractivity contribution >= 4 is 5.84 Å². The molecule has 3 unspecified atom stereocenters. The second kappa shape index (κ2) is 3.74. The van der Waals surface area contributed by atoms with Crippen molar-refractivity contribution in [1.82, 2.24) is 5.32 Å². The lowest BCUT2D eigenvalue weighted by Crippen LogP contribution is -2.63. The minimum Gasteiger partial charge on any atom is -0.409 e. The van der Waals surface area contributed by atoms with Crippen LogP contribution in [0.1, 0.15) is 27.2 Å². The summed E-state index contributed by atoms with van der Waals surface area (Å²) < 4.78 is 0. The fourth-order valence-electron chi connectivity index (χ4n) is 1.66. The molecule has 1 aliphatic carbocycles. The zero-order valence-electron chi connectivity index (χ0n) is 8.86. The number of aliphatic hydroxyl groups excluding tert-OH is 1. The molecule has 0 amide bonds. The normalized spacial score (nSPS) is 33.6. The molecule has 1 rings (SSSR count). The van der Waals surface area contributed by atoms with Gasteiger partial charge in [-0.1, -0.05) is 19.0 Å². The molecule has 0 aromatic carbocycles. The molecule has 0 saturated heterocycles. The second-order valence-electron chi connectivity index (χ2n) is 4.54. The van der Waals surface area contributed by atoms with Gasteiger partial charge in [-0.2, -0.15) is 0 Å². The van der Waals surface area contributed by atoms with Crippen LogP contribution in [0.3, 0.4) is 0 Å². The third kappa shape index (κ3) is 1.83. The van der Waals surface area contributed by atoms with Crippen molar-refractivity contribution in [3.63, 3.8) is 0 Å². The number of nitrogens with one attached hydrogen (secondary N) is 1. The molecule has 0 spiro atoms. The first-order valence-corrected chi connectivity index (χ1v) is 4.81. The van der Waals surface area contributed by atoms with Crippen molar-refractivity contribution in [3.8, 4) is 0 Å². The van der Waals surface area contributed by atoms with Crippen LogP contribution in [0.4, 0.5) is 0 Å². The van der Waals surface area contributed by atoms with Crippen molar-refractivity contribution in [2.75, 3.05) is 0 Å². The van der Waals surface area contributed by atoms with Gasteiger partial charge in [0, 0.05) is 11.5 Å². The molecule has 0 heterocycles. The quantitative estimate of drug-likeness (QED) is 0.221. The molecule has 14 heavy (non-hydrogen) atoms. The Morgan fingerprint density at radius 3 is 2.57 bits per heavy atom. The molecule has 1 saturated carbocycles. The number of amidine groups is 1. The predicted octanol–water partition coefficient (Wildman–Crippen LogP) is -0.130. The van der Waals surface area contributed by atoms with Gasteiger partial charge in [0.05, 0.1) is 12.1 Å². The van der Waals surface area contributed by atoms with Gasteiger partial charge in [-0.15, -0.1) is 0 Å². The Bertz CT molecular complexity index is 240. The smallest absolute Gasteiger partial charge is 0.156 e. The zero-order chi connectivity index (χ0) is 10.9. The van der Waals surface area contributed by atoms with E-state index in [0.717, 1.165) is 6.42 Å². The number of hydrogen-bond acceptors (Lipinski definition) is 4. The summed E-state index contributed by atoms with van der Waals surface area (Å²) in [5.41, 5.74) is 5.31. The number of nitrogens with zero attached hydrogens (tertiary/aromatic N) is 1. The third-order valence-corrected chi connectivity index (χ3v) is 3.23. The predicted molar refractivity (Wildman–Crippen MR) is 54.2 cm³/mol. The SMILES string of the molecule is CC(NC1CC(O)C1(C)C)C(N)=NO. The Morgan fingerprint density at radius 2 is 2.21 bits per heavy atom. The minimum absolute atomic E-state index is 0.135. The van der Waals surface area contributed by atoms with E-state index in [1.54, 1.807) is 0 Å². The van der Waals surface area contributed by atoms with Crippen LogP contribution < -0.4 is 11.1 Å². The summed E-state index contributed by atoms with van der Waals surface area (Å²) >= 11 is 0. The van der Waals surface area contributed by atoms with E-state index in [2.05, 4.69) is 10.5 Å². The molecule has 0 radical (unpaired) electrons. The first kappa shape index (κ1) is 11.3. The third-order valence-electron chi connectivity index (χ3n) is 3.23. The Hall–Kier alpha value is -0.810. The standard InChI is InChI=1S/C9H19N3O2/c1-5(8(10)12-14)11-6-4-7(13)9(6,2)3/h5-7,11,13-14H,4H2,1-3H3,(H2,10,12). The van der Waals surface area contributed by atoms with Crippen molar-refractivity contribution in [2.45, 2.75) is 45.4 Å². The summed E-state index contributed by atoms with van der Waals surface area (Å²) in [7, 11) is 0. The van der Waals surface area contributed by atoms with Gasteiger partial charge in [0.1, 0.15) is 0 Å². The highest BCUT2D eigenvalue weighted by Gasteiger charge is 2.47. The van der Waals surface area contributed by atoms with Crippen LogP contribution in [0, 0.1) is 5.41 Å². The summed E-state index contributed by atoms with van der Waals surface area (Å²) in [6.07, 6.45) is 0.454. The van der Waals surface area contributed by atoms with E-state index in [9.17, 15) is 5.11 Å². The molecule has 5 nitrogen and oxygen atoms in total. The van der Waals surface area contributed by atoms with Crippen molar-refractivity contribution < 1.29 is 10.3 Å². The Labute approximate surface area is 84.0 Å². The van der Waals surface area contributed by atoms with E-state index in [-0.39, 0.29) is 29.4 Å². The van der Waals surface area contributed by atoms with Gasteiger partial charge < -0.3 is 21.4 Å². The lowest BCUT2D eigenvalue weighted by Gasteiger charge is -2.50. The monoisotopic (exact) mass is 201 g/mol. The van der Waals surface area contributed by atoms with E-state index in [4.69, 9.17) is 10.9 Å². The van der Waals surface area contributed by atoms with Gasteiger partial charge in [0.2, 0.25) is 0 Å². The number of rotatable bonds is 3. The lowest BCUT2D eigenvalue weighted by atomic mass is 9.64. The average Bonchev–Trinajstić information content (AvgIpc) is 2.16. The number of oxime groups is 1. The first-order valence-electron chi connectivity index (χ1n) is 4.81. The van der Waals surface area contributed by atoms with Crippen molar-refractivity contribution in [2.24, 2.45) is 16.3 Å². The molecule has 0 bridgehead atoms. The maximum absolute atomic E-state index is 9.50. The van der Waals surface area contributed by atoms with Crippen LogP contribution >= 0.6 is 0 Å².